The number of para-hydroxylation sites is 1. The number of carboxylic acids is 1. The van der Waals surface area contributed by atoms with E-state index in [4.69, 9.17) is 4.42 Å². The summed E-state index contributed by atoms with van der Waals surface area (Å²) in [7, 11) is 0. The number of aliphatic carboxylic acids is 1. The summed E-state index contributed by atoms with van der Waals surface area (Å²) in [6, 6.07) is 7.40. The number of carboxylic acid groups (broad SMARTS) is 1. The first-order chi connectivity index (χ1) is 10.1. The normalized spacial score (nSPS) is 17.8. The monoisotopic (exact) mass is 287 g/mol. The van der Waals surface area contributed by atoms with Gasteiger partial charge in [0.2, 0.25) is 0 Å². The highest BCUT2D eigenvalue weighted by Crippen LogP contribution is 2.35. The van der Waals surface area contributed by atoms with Crippen LogP contribution in [0.3, 0.4) is 0 Å². The average molecular weight is 287 g/mol. The Kier molecular flexibility index (Phi) is 3.72. The van der Waals surface area contributed by atoms with Crippen LogP contribution in [0.15, 0.2) is 28.7 Å². The molecule has 2 N–H and O–H groups in total. The first kappa shape index (κ1) is 14.1. The van der Waals surface area contributed by atoms with Gasteiger partial charge >= 0.3 is 5.97 Å². The Labute approximate surface area is 124 Å². The summed E-state index contributed by atoms with van der Waals surface area (Å²) in [6.45, 7) is 4.08. The molecular weight excluding hydrogens is 266 g/mol. The molecule has 0 amide bonds. The van der Waals surface area contributed by atoms with Gasteiger partial charge in [0.25, 0.3) is 0 Å². The van der Waals surface area contributed by atoms with E-state index in [1.807, 2.05) is 25.1 Å². The number of rotatable bonds is 6. The highest BCUT2D eigenvalue weighted by molar-refractivity contribution is 5.82. The number of fused-ring (bicyclic) bond motifs is 1. The van der Waals surface area contributed by atoms with Crippen molar-refractivity contribution in [3.63, 3.8) is 0 Å². The van der Waals surface area contributed by atoms with Gasteiger partial charge < -0.3 is 9.52 Å². The number of hydrogen-bond acceptors (Lipinski definition) is 3. The van der Waals surface area contributed by atoms with Crippen molar-refractivity contribution in [2.24, 2.45) is 5.92 Å². The van der Waals surface area contributed by atoms with Gasteiger partial charge in [0.15, 0.2) is 0 Å². The van der Waals surface area contributed by atoms with Gasteiger partial charge in [-0.2, -0.15) is 0 Å². The van der Waals surface area contributed by atoms with E-state index in [0.717, 1.165) is 36.0 Å². The van der Waals surface area contributed by atoms with E-state index in [1.165, 1.54) is 5.56 Å². The van der Waals surface area contributed by atoms with E-state index in [1.54, 1.807) is 0 Å². The summed E-state index contributed by atoms with van der Waals surface area (Å²) in [5.41, 5.74) is 2.04. The highest BCUT2D eigenvalue weighted by atomic mass is 16.4. The van der Waals surface area contributed by atoms with Crippen molar-refractivity contribution in [3.05, 3.63) is 35.6 Å². The fourth-order valence-corrected chi connectivity index (χ4v) is 3.02. The molecule has 1 aromatic heterocycles. The Morgan fingerprint density at radius 1 is 1.43 bits per heavy atom. The molecule has 112 valence electrons. The number of hydrogen-bond donors (Lipinski definition) is 2. The van der Waals surface area contributed by atoms with E-state index >= 15 is 0 Å². The number of nitrogens with one attached hydrogen (secondary N) is 1. The number of furan rings is 1. The molecule has 21 heavy (non-hydrogen) atoms. The minimum Gasteiger partial charge on any atom is -0.480 e. The SMILES string of the molecule is CCc1c(C(C)NC(C(=O)O)C2CC2)oc2ccccc12. The Balaban J connectivity index is 1.90. The van der Waals surface area contributed by atoms with E-state index < -0.39 is 12.0 Å². The molecule has 0 saturated heterocycles. The summed E-state index contributed by atoms with van der Waals surface area (Å²) in [6.07, 6.45) is 2.87. The molecule has 4 nitrogen and oxygen atoms in total. The molecule has 1 aliphatic rings. The van der Waals surface area contributed by atoms with Crippen molar-refractivity contribution >= 4 is 16.9 Å². The molecule has 1 heterocycles. The molecule has 1 fully saturated rings. The zero-order valence-corrected chi connectivity index (χ0v) is 12.4. The van der Waals surface area contributed by atoms with Crippen molar-refractivity contribution in [1.82, 2.24) is 5.32 Å². The molecule has 0 bridgehead atoms. The van der Waals surface area contributed by atoms with Gasteiger partial charge in [-0.15, -0.1) is 0 Å². The van der Waals surface area contributed by atoms with Gasteiger partial charge in [0, 0.05) is 10.9 Å². The van der Waals surface area contributed by atoms with Crippen molar-refractivity contribution < 1.29 is 14.3 Å². The summed E-state index contributed by atoms with van der Waals surface area (Å²) < 4.78 is 5.98. The molecule has 1 saturated carbocycles. The van der Waals surface area contributed by atoms with Gasteiger partial charge in [-0.3, -0.25) is 10.1 Å². The molecule has 1 aromatic carbocycles. The Bertz CT molecular complexity index is 657. The first-order valence-corrected chi connectivity index (χ1v) is 7.61. The standard InChI is InChI=1S/C17H21NO3/c1-3-12-13-6-4-5-7-14(13)21-16(12)10(2)18-15(17(19)20)11-8-9-11/h4-7,10-11,15,18H,3,8-9H2,1-2H3,(H,19,20). The molecule has 2 aromatic rings. The third kappa shape index (κ3) is 2.68. The lowest BCUT2D eigenvalue weighted by atomic mass is 10.0. The lowest BCUT2D eigenvalue weighted by Gasteiger charge is -2.19. The van der Waals surface area contributed by atoms with Crippen LogP contribution in [0.25, 0.3) is 11.0 Å². The second-order valence-electron chi connectivity index (χ2n) is 5.84. The third-order valence-electron chi connectivity index (χ3n) is 4.27. The molecular formula is C17H21NO3. The zero-order valence-electron chi connectivity index (χ0n) is 12.4. The van der Waals surface area contributed by atoms with Crippen molar-refractivity contribution in [2.75, 3.05) is 0 Å². The van der Waals surface area contributed by atoms with Crippen LogP contribution >= 0.6 is 0 Å². The number of carbonyl (C=O) groups is 1. The molecule has 2 atom stereocenters. The van der Waals surface area contributed by atoms with E-state index in [0.29, 0.717) is 0 Å². The number of aryl methyl sites for hydroxylation is 1. The molecule has 2 unspecified atom stereocenters. The Morgan fingerprint density at radius 3 is 2.76 bits per heavy atom. The second-order valence-corrected chi connectivity index (χ2v) is 5.84. The van der Waals surface area contributed by atoms with Crippen LogP contribution in [0.1, 0.15) is 44.1 Å². The van der Waals surface area contributed by atoms with E-state index in [-0.39, 0.29) is 12.0 Å². The van der Waals surface area contributed by atoms with Crippen LogP contribution in [-0.2, 0) is 11.2 Å². The van der Waals surface area contributed by atoms with Crippen LogP contribution in [0.5, 0.6) is 0 Å². The largest absolute Gasteiger partial charge is 0.480 e. The molecule has 0 radical (unpaired) electrons. The molecule has 1 aliphatic carbocycles. The van der Waals surface area contributed by atoms with Crippen molar-refractivity contribution in [3.8, 4) is 0 Å². The van der Waals surface area contributed by atoms with Gasteiger partial charge in [-0.1, -0.05) is 25.1 Å². The van der Waals surface area contributed by atoms with E-state index in [9.17, 15) is 9.90 Å². The maximum atomic E-state index is 11.4. The van der Waals surface area contributed by atoms with Crippen LogP contribution in [-0.4, -0.2) is 17.1 Å². The molecule has 4 heteroatoms. The summed E-state index contributed by atoms with van der Waals surface area (Å²) in [5, 5.41) is 13.7. The lowest BCUT2D eigenvalue weighted by Crippen LogP contribution is -2.40. The summed E-state index contributed by atoms with van der Waals surface area (Å²) in [5.74, 6) is 0.364. The second kappa shape index (κ2) is 5.53. The van der Waals surface area contributed by atoms with Crippen LogP contribution in [0.4, 0.5) is 0 Å². The van der Waals surface area contributed by atoms with Crippen LogP contribution in [0, 0.1) is 5.92 Å². The van der Waals surface area contributed by atoms with Gasteiger partial charge in [-0.25, -0.2) is 0 Å². The Hall–Kier alpha value is -1.81. The third-order valence-corrected chi connectivity index (χ3v) is 4.27. The molecule has 0 aliphatic heterocycles. The van der Waals surface area contributed by atoms with Crippen molar-refractivity contribution in [2.45, 2.75) is 45.2 Å². The zero-order chi connectivity index (χ0) is 15.0. The van der Waals surface area contributed by atoms with Crippen LogP contribution in [0.2, 0.25) is 0 Å². The highest BCUT2D eigenvalue weighted by Gasteiger charge is 2.37. The van der Waals surface area contributed by atoms with Crippen molar-refractivity contribution in [1.29, 1.82) is 0 Å². The molecule has 0 spiro atoms. The lowest BCUT2D eigenvalue weighted by molar-refractivity contribution is -0.140. The Morgan fingerprint density at radius 2 is 2.14 bits per heavy atom. The van der Waals surface area contributed by atoms with Gasteiger partial charge in [0.1, 0.15) is 17.4 Å². The molecule has 3 rings (SSSR count). The predicted molar refractivity (Wildman–Crippen MR) is 81.3 cm³/mol. The summed E-state index contributed by atoms with van der Waals surface area (Å²) in [4.78, 5) is 11.4. The average Bonchev–Trinajstić information content (AvgIpc) is 3.23. The maximum Gasteiger partial charge on any atom is 0.321 e. The maximum absolute atomic E-state index is 11.4. The predicted octanol–water partition coefficient (Wildman–Crippen LogP) is 3.51. The summed E-state index contributed by atoms with van der Waals surface area (Å²) >= 11 is 0. The van der Waals surface area contributed by atoms with Gasteiger partial charge in [0.05, 0.1) is 6.04 Å². The smallest absolute Gasteiger partial charge is 0.321 e. The van der Waals surface area contributed by atoms with Gasteiger partial charge in [-0.05, 0) is 38.2 Å². The fourth-order valence-electron chi connectivity index (χ4n) is 3.02. The minimum absolute atomic E-state index is 0.103. The first-order valence-electron chi connectivity index (χ1n) is 7.61. The topological polar surface area (TPSA) is 62.5 Å². The number of benzene rings is 1. The van der Waals surface area contributed by atoms with E-state index in [2.05, 4.69) is 18.3 Å². The quantitative estimate of drug-likeness (QED) is 0.853. The van der Waals surface area contributed by atoms with Crippen LogP contribution < -0.4 is 5.32 Å². The fraction of sp³-hybridized carbons (Fsp3) is 0.471. The minimum atomic E-state index is -0.765.